The Bertz CT molecular complexity index is 472. The summed E-state index contributed by atoms with van der Waals surface area (Å²) < 4.78 is 2.02. The Morgan fingerprint density at radius 2 is 2.29 bits per heavy atom. The second-order valence-corrected chi connectivity index (χ2v) is 5.01. The number of hydrogen-bond acceptors (Lipinski definition) is 3. The largest absolute Gasteiger partial charge is 0.309 e. The van der Waals surface area contributed by atoms with E-state index in [-0.39, 0.29) is 6.04 Å². The van der Waals surface area contributed by atoms with Crippen LogP contribution in [0.5, 0.6) is 0 Å². The second-order valence-electron chi connectivity index (χ2n) is 4.27. The van der Waals surface area contributed by atoms with Crippen molar-refractivity contribution in [2.24, 2.45) is 0 Å². The molecule has 1 atom stereocenters. The maximum absolute atomic E-state index is 4.39. The zero-order chi connectivity index (χ0) is 12.3. The molecule has 2 aromatic rings. The van der Waals surface area contributed by atoms with Crippen LogP contribution in [0.2, 0.25) is 0 Å². The number of aryl methyl sites for hydroxylation is 2. The van der Waals surface area contributed by atoms with Gasteiger partial charge in [-0.3, -0.25) is 4.68 Å². The highest BCUT2D eigenvalue weighted by Gasteiger charge is 2.16. The number of rotatable bonds is 5. The zero-order valence-electron chi connectivity index (χ0n) is 10.6. The molecule has 0 aliphatic carbocycles. The first-order chi connectivity index (χ1) is 8.26. The summed E-state index contributed by atoms with van der Waals surface area (Å²) in [5.41, 5.74) is 3.94. The highest BCUT2D eigenvalue weighted by molar-refractivity contribution is 7.08. The molecule has 0 fully saturated rings. The predicted molar refractivity (Wildman–Crippen MR) is 72.5 cm³/mol. The van der Waals surface area contributed by atoms with E-state index in [2.05, 4.69) is 41.2 Å². The fraction of sp³-hybridized carbons (Fsp3) is 0.462. The van der Waals surface area contributed by atoms with Gasteiger partial charge in [-0.15, -0.1) is 0 Å². The fourth-order valence-electron chi connectivity index (χ4n) is 2.05. The van der Waals surface area contributed by atoms with Gasteiger partial charge in [-0.05, 0) is 42.3 Å². The highest BCUT2D eigenvalue weighted by atomic mass is 32.1. The van der Waals surface area contributed by atoms with Gasteiger partial charge in [0, 0.05) is 18.3 Å². The molecule has 1 unspecified atom stereocenters. The first-order valence-corrected chi connectivity index (χ1v) is 6.92. The average molecular weight is 249 g/mol. The van der Waals surface area contributed by atoms with Gasteiger partial charge >= 0.3 is 0 Å². The SMILES string of the molecule is CCCn1cc(C(NC)c2cscc2C)cn1. The van der Waals surface area contributed by atoms with E-state index in [0.717, 1.165) is 13.0 Å². The molecular formula is C13H19N3S. The lowest BCUT2D eigenvalue weighted by molar-refractivity contribution is 0.600. The van der Waals surface area contributed by atoms with E-state index in [9.17, 15) is 0 Å². The highest BCUT2D eigenvalue weighted by Crippen LogP contribution is 2.26. The average Bonchev–Trinajstić information content (AvgIpc) is 2.92. The molecular weight excluding hydrogens is 230 g/mol. The number of nitrogens with one attached hydrogen (secondary N) is 1. The van der Waals surface area contributed by atoms with Gasteiger partial charge in [-0.1, -0.05) is 6.92 Å². The minimum absolute atomic E-state index is 0.256. The smallest absolute Gasteiger partial charge is 0.0616 e. The summed E-state index contributed by atoms with van der Waals surface area (Å²) in [6.45, 7) is 5.31. The quantitative estimate of drug-likeness (QED) is 0.883. The molecule has 0 amide bonds. The summed E-state index contributed by atoms with van der Waals surface area (Å²) in [7, 11) is 2.00. The molecule has 2 aromatic heterocycles. The molecule has 0 aliphatic heterocycles. The zero-order valence-corrected chi connectivity index (χ0v) is 11.4. The maximum atomic E-state index is 4.39. The third-order valence-electron chi connectivity index (χ3n) is 2.93. The van der Waals surface area contributed by atoms with Gasteiger partial charge in [-0.2, -0.15) is 16.4 Å². The van der Waals surface area contributed by atoms with Crippen LogP contribution in [-0.2, 0) is 6.54 Å². The van der Waals surface area contributed by atoms with Gasteiger partial charge in [0.1, 0.15) is 0 Å². The Labute approximate surface area is 106 Å². The van der Waals surface area contributed by atoms with Gasteiger partial charge < -0.3 is 5.32 Å². The van der Waals surface area contributed by atoms with Gasteiger partial charge in [0.2, 0.25) is 0 Å². The molecule has 2 heterocycles. The molecule has 0 bridgehead atoms. The van der Waals surface area contributed by atoms with E-state index in [1.807, 2.05) is 17.9 Å². The van der Waals surface area contributed by atoms with Gasteiger partial charge in [-0.25, -0.2) is 0 Å². The summed E-state index contributed by atoms with van der Waals surface area (Å²) in [6.07, 6.45) is 5.22. The number of hydrogen-bond donors (Lipinski definition) is 1. The number of thiophene rings is 1. The summed E-state index contributed by atoms with van der Waals surface area (Å²) in [5.74, 6) is 0. The Hall–Kier alpha value is -1.13. The van der Waals surface area contributed by atoms with Crippen molar-refractivity contribution in [1.82, 2.24) is 15.1 Å². The van der Waals surface area contributed by atoms with E-state index >= 15 is 0 Å². The predicted octanol–water partition coefficient (Wildman–Crippen LogP) is 2.97. The van der Waals surface area contributed by atoms with Crippen LogP contribution in [0.3, 0.4) is 0 Å². The minimum atomic E-state index is 0.256. The molecule has 0 spiro atoms. The van der Waals surface area contributed by atoms with Crippen molar-refractivity contribution >= 4 is 11.3 Å². The van der Waals surface area contributed by atoms with Crippen LogP contribution in [0, 0.1) is 6.92 Å². The molecule has 0 saturated carbocycles. The van der Waals surface area contributed by atoms with Crippen molar-refractivity contribution in [2.75, 3.05) is 7.05 Å². The van der Waals surface area contributed by atoms with Crippen molar-refractivity contribution in [3.63, 3.8) is 0 Å². The molecule has 0 radical (unpaired) electrons. The van der Waals surface area contributed by atoms with Crippen molar-refractivity contribution in [2.45, 2.75) is 32.9 Å². The number of aromatic nitrogens is 2. The van der Waals surface area contributed by atoms with E-state index in [4.69, 9.17) is 0 Å². The molecule has 0 saturated heterocycles. The first kappa shape index (κ1) is 12.3. The van der Waals surface area contributed by atoms with E-state index in [1.54, 1.807) is 11.3 Å². The molecule has 3 nitrogen and oxygen atoms in total. The third-order valence-corrected chi connectivity index (χ3v) is 3.81. The Morgan fingerprint density at radius 3 is 2.88 bits per heavy atom. The van der Waals surface area contributed by atoms with E-state index in [0.29, 0.717) is 0 Å². The standard InChI is InChI=1S/C13H19N3S/c1-4-5-16-7-11(6-15-16)13(14-3)12-9-17-8-10(12)2/h6-9,13-14H,4-5H2,1-3H3. The lowest BCUT2D eigenvalue weighted by Crippen LogP contribution is -2.17. The third kappa shape index (κ3) is 2.58. The first-order valence-electron chi connectivity index (χ1n) is 5.98. The topological polar surface area (TPSA) is 29.9 Å². The van der Waals surface area contributed by atoms with Gasteiger partial charge in [0.15, 0.2) is 0 Å². The summed E-state index contributed by atoms with van der Waals surface area (Å²) in [6, 6.07) is 0.256. The summed E-state index contributed by atoms with van der Waals surface area (Å²) >= 11 is 1.75. The summed E-state index contributed by atoms with van der Waals surface area (Å²) in [4.78, 5) is 0. The Kier molecular flexibility index (Phi) is 3.97. The molecule has 0 aliphatic rings. The lowest BCUT2D eigenvalue weighted by atomic mass is 10.0. The Morgan fingerprint density at radius 1 is 1.47 bits per heavy atom. The van der Waals surface area contributed by atoms with Crippen LogP contribution in [0.25, 0.3) is 0 Å². The fourth-order valence-corrected chi connectivity index (χ4v) is 2.92. The van der Waals surface area contributed by atoms with Gasteiger partial charge in [0.05, 0.1) is 12.2 Å². The maximum Gasteiger partial charge on any atom is 0.0616 e. The van der Waals surface area contributed by atoms with Crippen LogP contribution in [-0.4, -0.2) is 16.8 Å². The van der Waals surface area contributed by atoms with Crippen LogP contribution in [0.1, 0.15) is 36.1 Å². The van der Waals surface area contributed by atoms with Crippen molar-refractivity contribution in [1.29, 1.82) is 0 Å². The van der Waals surface area contributed by atoms with E-state index < -0.39 is 0 Å². The van der Waals surface area contributed by atoms with Crippen LogP contribution >= 0.6 is 11.3 Å². The summed E-state index contributed by atoms with van der Waals surface area (Å²) in [5, 5.41) is 12.2. The molecule has 4 heteroatoms. The van der Waals surface area contributed by atoms with Crippen molar-refractivity contribution in [3.05, 3.63) is 39.8 Å². The van der Waals surface area contributed by atoms with Crippen LogP contribution < -0.4 is 5.32 Å². The lowest BCUT2D eigenvalue weighted by Gasteiger charge is -2.14. The second kappa shape index (κ2) is 5.47. The Balaban J connectivity index is 2.26. The molecule has 0 aromatic carbocycles. The normalized spacial score (nSPS) is 12.9. The van der Waals surface area contributed by atoms with E-state index in [1.165, 1.54) is 16.7 Å². The molecule has 1 N–H and O–H groups in total. The monoisotopic (exact) mass is 249 g/mol. The molecule has 92 valence electrons. The molecule has 2 rings (SSSR count). The molecule has 17 heavy (non-hydrogen) atoms. The van der Waals surface area contributed by atoms with Gasteiger partial charge in [0.25, 0.3) is 0 Å². The van der Waals surface area contributed by atoms with Crippen LogP contribution in [0.15, 0.2) is 23.2 Å². The van der Waals surface area contributed by atoms with Crippen molar-refractivity contribution < 1.29 is 0 Å². The number of nitrogens with zero attached hydrogens (tertiary/aromatic N) is 2. The minimum Gasteiger partial charge on any atom is -0.309 e. The van der Waals surface area contributed by atoms with Crippen molar-refractivity contribution in [3.8, 4) is 0 Å². The van der Waals surface area contributed by atoms with Crippen LogP contribution in [0.4, 0.5) is 0 Å².